The van der Waals surface area contributed by atoms with Gasteiger partial charge in [-0.25, -0.2) is 0 Å². The first-order chi connectivity index (χ1) is 11.6. The molecular formula is C17H18ClN3O3. The second-order valence-corrected chi connectivity index (χ2v) is 6.93. The Bertz CT molecular complexity index is 706. The normalized spacial score (nSPS) is 26.5. The summed E-state index contributed by atoms with van der Waals surface area (Å²) < 4.78 is 0. The summed E-state index contributed by atoms with van der Waals surface area (Å²) in [6.45, 7) is 1.77. The van der Waals surface area contributed by atoms with E-state index in [4.69, 9.17) is 11.6 Å². The number of carbonyl (C=O) groups is 3. The number of rotatable bonds is 1. The second-order valence-electron chi connectivity index (χ2n) is 6.50. The van der Waals surface area contributed by atoms with E-state index in [0.717, 1.165) is 12.8 Å². The molecule has 3 fully saturated rings. The molecule has 0 unspecified atom stereocenters. The molecule has 0 aromatic heterocycles. The van der Waals surface area contributed by atoms with Gasteiger partial charge in [-0.05, 0) is 37.1 Å². The molecule has 126 valence electrons. The van der Waals surface area contributed by atoms with Gasteiger partial charge < -0.3 is 14.7 Å². The minimum Gasteiger partial charge on any atom is -0.334 e. The Morgan fingerprint density at radius 1 is 0.958 bits per heavy atom. The highest BCUT2D eigenvalue weighted by Crippen LogP contribution is 2.29. The number of nitrogens with zero attached hydrogens (tertiary/aromatic N) is 3. The second kappa shape index (κ2) is 5.77. The summed E-state index contributed by atoms with van der Waals surface area (Å²) >= 11 is 5.86. The van der Waals surface area contributed by atoms with Crippen LogP contribution >= 0.6 is 11.6 Å². The Kier molecular flexibility index (Phi) is 3.72. The number of hydrogen-bond donors (Lipinski definition) is 0. The van der Waals surface area contributed by atoms with Gasteiger partial charge in [0.25, 0.3) is 5.91 Å². The lowest BCUT2D eigenvalue weighted by Gasteiger charge is -2.47. The first kappa shape index (κ1) is 15.4. The van der Waals surface area contributed by atoms with E-state index in [0.29, 0.717) is 30.2 Å². The summed E-state index contributed by atoms with van der Waals surface area (Å²) in [6, 6.07) is 5.89. The fourth-order valence-electron chi connectivity index (χ4n) is 3.89. The Labute approximate surface area is 144 Å². The van der Waals surface area contributed by atoms with Crippen molar-refractivity contribution in [1.82, 2.24) is 14.7 Å². The lowest BCUT2D eigenvalue weighted by Crippen LogP contribution is -2.69. The van der Waals surface area contributed by atoms with Gasteiger partial charge in [0.05, 0.1) is 6.54 Å². The molecule has 3 heterocycles. The van der Waals surface area contributed by atoms with Crippen molar-refractivity contribution in [2.45, 2.75) is 24.9 Å². The molecule has 2 atom stereocenters. The largest absolute Gasteiger partial charge is 0.334 e. The molecule has 3 saturated heterocycles. The summed E-state index contributed by atoms with van der Waals surface area (Å²) in [6.07, 6.45) is 1.62. The number of piperazine rings is 2. The molecule has 0 spiro atoms. The molecule has 24 heavy (non-hydrogen) atoms. The van der Waals surface area contributed by atoms with Crippen LogP contribution in [-0.4, -0.2) is 70.7 Å². The summed E-state index contributed by atoms with van der Waals surface area (Å²) in [5.74, 6) is -0.114. The van der Waals surface area contributed by atoms with E-state index < -0.39 is 6.04 Å². The molecule has 0 bridgehead atoms. The highest BCUT2D eigenvalue weighted by Gasteiger charge is 2.49. The van der Waals surface area contributed by atoms with E-state index in [-0.39, 0.29) is 30.3 Å². The molecule has 6 nitrogen and oxygen atoms in total. The third kappa shape index (κ3) is 2.36. The molecule has 4 rings (SSSR count). The maximum Gasteiger partial charge on any atom is 0.254 e. The van der Waals surface area contributed by atoms with Gasteiger partial charge in [-0.15, -0.1) is 0 Å². The van der Waals surface area contributed by atoms with Crippen molar-refractivity contribution in [2.24, 2.45) is 0 Å². The standard InChI is InChI=1S/C17H18ClN3O3/c18-12-5-3-11(4-6-12)15(22)19-8-9-21-14(10-19)17(24)20-7-1-2-13(20)16(21)23/h3-6,13-14H,1-2,7-10H2/t13-,14-/m1/s1. The van der Waals surface area contributed by atoms with E-state index in [1.807, 2.05) is 0 Å². The Balaban J connectivity index is 1.54. The molecular weight excluding hydrogens is 330 g/mol. The van der Waals surface area contributed by atoms with Crippen molar-refractivity contribution in [3.63, 3.8) is 0 Å². The van der Waals surface area contributed by atoms with E-state index in [9.17, 15) is 14.4 Å². The molecule has 7 heteroatoms. The average molecular weight is 348 g/mol. The van der Waals surface area contributed by atoms with Gasteiger partial charge in [-0.1, -0.05) is 11.6 Å². The monoisotopic (exact) mass is 347 g/mol. The molecule has 0 aliphatic carbocycles. The van der Waals surface area contributed by atoms with Crippen LogP contribution in [0.4, 0.5) is 0 Å². The minimum absolute atomic E-state index is 0.0225. The Morgan fingerprint density at radius 2 is 1.62 bits per heavy atom. The smallest absolute Gasteiger partial charge is 0.254 e. The average Bonchev–Trinajstić information content (AvgIpc) is 3.09. The maximum atomic E-state index is 12.7. The van der Waals surface area contributed by atoms with Crippen LogP contribution in [0.3, 0.4) is 0 Å². The number of halogens is 1. The van der Waals surface area contributed by atoms with E-state index in [1.54, 1.807) is 39.0 Å². The van der Waals surface area contributed by atoms with Crippen LogP contribution in [0, 0.1) is 0 Å². The highest BCUT2D eigenvalue weighted by atomic mass is 35.5. The Hall–Kier alpha value is -2.08. The molecule has 1 aromatic rings. The van der Waals surface area contributed by atoms with E-state index in [1.165, 1.54) is 0 Å². The number of amides is 3. The van der Waals surface area contributed by atoms with Crippen molar-refractivity contribution in [3.05, 3.63) is 34.9 Å². The maximum absolute atomic E-state index is 12.7. The molecule has 1 aromatic carbocycles. The topological polar surface area (TPSA) is 60.9 Å². The third-order valence-electron chi connectivity index (χ3n) is 5.15. The summed E-state index contributed by atoms with van der Waals surface area (Å²) in [5.41, 5.74) is 0.543. The number of fused-ring (bicyclic) bond motifs is 2. The van der Waals surface area contributed by atoms with Crippen LogP contribution in [-0.2, 0) is 9.59 Å². The predicted octanol–water partition coefficient (Wildman–Crippen LogP) is 0.998. The molecule has 0 N–H and O–H groups in total. The summed E-state index contributed by atoms with van der Waals surface area (Å²) in [5, 5.41) is 0.574. The van der Waals surface area contributed by atoms with Crippen LogP contribution < -0.4 is 0 Å². The molecule has 0 radical (unpaired) electrons. The van der Waals surface area contributed by atoms with Gasteiger partial charge in [-0.2, -0.15) is 0 Å². The first-order valence-corrected chi connectivity index (χ1v) is 8.60. The van der Waals surface area contributed by atoms with Crippen molar-refractivity contribution in [1.29, 1.82) is 0 Å². The third-order valence-corrected chi connectivity index (χ3v) is 5.40. The number of hydrogen-bond acceptors (Lipinski definition) is 3. The van der Waals surface area contributed by atoms with Gasteiger partial charge in [0.2, 0.25) is 11.8 Å². The number of benzene rings is 1. The predicted molar refractivity (Wildman–Crippen MR) is 87.6 cm³/mol. The quantitative estimate of drug-likeness (QED) is 0.761. The van der Waals surface area contributed by atoms with E-state index >= 15 is 0 Å². The van der Waals surface area contributed by atoms with Gasteiger partial charge in [0, 0.05) is 30.2 Å². The fourth-order valence-corrected chi connectivity index (χ4v) is 4.01. The zero-order chi connectivity index (χ0) is 16.8. The Morgan fingerprint density at radius 3 is 2.38 bits per heavy atom. The van der Waals surface area contributed by atoms with Crippen LogP contribution in [0.2, 0.25) is 5.02 Å². The van der Waals surface area contributed by atoms with Crippen molar-refractivity contribution in [2.75, 3.05) is 26.2 Å². The molecule has 3 aliphatic heterocycles. The zero-order valence-electron chi connectivity index (χ0n) is 13.2. The fraction of sp³-hybridized carbons (Fsp3) is 0.471. The van der Waals surface area contributed by atoms with Gasteiger partial charge >= 0.3 is 0 Å². The molecule has 0 saturated carbocycles. The van der Waals surface area contributed by atoms with Gasteiger partial charge in [0.15, 0.2) is 0 Å². The minimum atomic E-state index is -0.545. The van der Waals surface area contributed by atoms with E-state index in [2.05, 4.69) is 0 Å². The van der Waals surface area contributed by atoms with Crippen LogP contribution in [0.1, 0.15) is 23.2 Å². The summed E-state index contributed by atoms with van der Waals surface area (Å²) in [7, 11) is 0. The van der Waals surface area contributed by atoms with Crippen LogP contribution in [0.5, 0.6) is 0 Å². The van der Waals surface area contributed by atoms with Crippen LogP contribution in [0.25, 0.3) is 0 Å². The molecule has 3 amide bonds. The van der Waals surface area contributed by atoms with Crippen molar-refractivity contribution >= 4 is 29.3 Å². The lowest BCUT2D eigenvalue weighted by molar-refractivity contribution is -0.162. The highest BCUT2D eigenvalue weighted by molar-refractivity contribution is 6.30. The molecule has 3 aliphatic rings. The van der Waals surface area contributed by atoms with Crippen molar-refractivity contribution < 1.29 is 14.4 Å². The van der Waals surface area contributed by atoms with Gasteiger partial charge in [-0.3, -0.25) is 14.4 Å². The van der Waals surface area contributed by atoms with Crippen LogP contribution in [0.15, 0.2) is 24.3 Å². The first-order valence-electron chi connectivity index (χ1n) is 8.22. The SMILES string of the molecule is O=C(c1ccc(Cl)cc1)N1CCN2C(=O)[C@H]3CCCN3C(=O)[C@H]2C1. The van der Waals surface area contributed by atoms with Crippen molar-refractivity contribution in [3.8, 4) is 0 Å². The summed E-state index contributed by atoms with van der Waals surface area (Å²) in [4.78, 5) is 43.0. The number of carbonyl (C=O) groups excluding carboxylic acids is 3. The zero-order valence-corrected chi connectivity index (χ0v) is 13.9. The van der Waals surface area contributed by atoms with Gasteiger partial charge in [0.1, 0.15) is 12.1 Å². The lowest BCUT2D eigenvalue weighted by atomic mass is 10.0.